The topological polar surface area (TPSA) is 62.6 Å². The molecule has 1 unspecified atom stereocenters. The highest BCUT2D eigenvalue weighted by atomic mass is 35.5. The number of amides is 2. The lowest BCUT2D eigenvalue weighted by Crippen LogP contribution is -3.14. The molecule has 0 saturated heterocycles. The number of hydrogen-bond acceptors (Lipinski definition) is 2. The molecule has 0 heterocycles. The maximum atomic E-state index is 12.2. The van der Waals surface area contributed by atoms with Gasteiger partial charge < -0.3 is 15.5 Å². The van der Waals surface area contributed by atoms with E-state index in [4.69, 9.17) is 11.6 Å². The average Bonchev–Trinajstić information content (AvgIpc) is 2.45. The van der Waals surface area contributed by atoms with Crippen LogP contribution in [0.1, 0.15) is 39.3 Å². The lowest BCUT2D eigenvalue weighted by Gasteiger charge is -2.20. The Morgan fingerprint density at radius 1 is 1.13 bits per heavy atom. The molecule has 2 amide bonds. The van der Waals surface area contributed by atoms with E-state index in [1.54, 1.807) is 6.07 Å². The second-order valence-corrected chi connectivity index (χ2v) is 6.46. The second kappa shape index (κ2) is 9.53. The summed E-state index contributed by atoms with van der Waals surface area (Å²) in [4.78, 5) is 24.9. The Balaban J connectivity index is 2.51. The number of halogens is 1. The smallest absolute Gasteiger partial charge is 0.275 e. The van der Waals surface area contributed by atoms with E-state index >= 15 is 0 Å². The number of likely N-dealkylation sites (N-methyl/N-ethyl adjacent to an activating group) is 1. The number of quaternary nitrogens is 1. The maximum absolute atomic E-state index is 12.2. The van der Waals surface area contributed by atoms with Crippen LogP contribution in [0.2, 0.25) is 5.02 Å². The fourth-order valence-corrected chi connectivity index (χ4v) is 2.49. The molecule has 6 heteroatoms. The number of carbonyl (C=O) groups is 2. The van der Waals surface area contributed by atoms with Crippen LogP contribution in [0.25, 0.3) is 0 Å². The summed E-state index contributed by atoms with van der Waals surface area (Å²) >= 11 is 5.97. The Morgan fingerprint density at radius 3 is 2.26 bits per heavy atom. The molecular weight excluding hydrogens is 314 g/mol. The Morgan fingerprint density at radius 2 is 1.74 bits per heavy atom. The van der Waals surface area contributed by atoms with Gasteiger partial charge in [-0.2, -0.15) is 0 Å². The summed E-state index contributed by atoms with van der Waals surface area (Å²) < 4.78 is 0. The van der Waals surface area contributed by atoms with Crippen molar-refractivity contribution in [1.29, 1.82) is 0 Å². The number of benzene rings is 1. The third kappa shape index (κ3) is 7.48. The van der Waals surface area contributed by atoms with Crippen molar-refractivity contribution in [3.05, 3.63) is 34.9 Å². The predicted octanol–water partition coefficient (Wildman–Crippen LogP) is 0.947. The van der Waals surface area contributed by atoms with Crippen LogP contribution in [0.4, 0.5) is 0 Å². The quantitative estimate of drug-likeness (QED) is 0.659. The summed E-state index contributed by atoms with van der Waals surface area (Å²) in [6.07, 6.45) is 0. The first-order valence-corrected chi connectivity index (χ1v) is 8.37. The fraction of sp³-hybridized carbons (Fsp3) is 0.529. The van der Waals surface area contributed by atoms with Gasteiger partial charge in [-0.25, -0.2) is 0 Å². The van der Waals surface area contributed by atoms with Crippen molar-refractivity contribution >= 4 is 23.4 Å². The minimum atomic E-state index is -0.121. The van der Waals surface area contributed by atoms with Crippen LogP contribution in [0.15, 0.2) is 24.3 Å². The maximum Gasteiger partial charge on any atom is 0.275 e. The highest BCUT2D eigenvalue weighted by Gasteiger charge is 2.18. The number of nitrogens with one attached hydrogen (secondary N) is 3. The summed E-state index contributed by atoms with van der Waals surface area (Å²) in [6.45, 7) is 9.00. The van der Waals surface area contributed by atoms with Crippen LogP contribution in [0.3, 0.4) is 0 Å². The minimum absolute atomic E-state index is 0.0347. The molecule has 128 valence electrons. The molecule has 0 radical (unpaired) electrons. The van der Waals surface area contributed by atoms with Crippen molar-refractivity contribution in [1.82, 2.24) is 10.6 Å². The van der Waals surface area contributed by atoms with E-state index in [2.05, 4.69) is 10.6 Å². The third-order valence-corrected chi connectivity index (χ3v) is 3.73. The molecule has 0 aromatic heterocycles. The van der Waals surface area contributed by atoms with Crippen LogP contribution in [0.5, 0.6) is 0 Å². The number of carbonyl (C=O) groups excluding carboxylic acids is 2. The number of rotatable bonds is 8. The van der Waals surface area contributed by atoms with Crippen LogP contribution >= 0.6 is 11.6 Å². The lowest BCUT2D eigenvalue weighted by molar-refractivity contribution is -0.881. The summed E-state index contributed by atoms with van der Waals surface area (Å²) in [6, 6.07) is 7.42. The largest absolute Gasteiger partial charge is 0.349 e. The molecule has 0 aliphatic carbocycles. The van der Waals surface area contributed by atoms with Crippen molar-refractivity contribution in [3.8, 4) is 0 Å². The normalized spacial score (nSPS) is 13.5. The standard InChI is InChI=1S/C17H26ClN3O2/c1-5-21(10-16(22)19-12(2)3)11-17(23)20-13(4)14-7-6-8-15(18)9-14/h6-9,12-13H,5,10-11H2,1-4H3,(H,19,22)(H,20,23)/p+1/t13-/m1/s1. The number of hydrogen-bond donors (Lipinski definition) is 3. The summed E-state index contributed by atoms with van der Waals surface area (Å²) in [7, 11) is 0. The molecule has 0 aliphatic rings. The van der Waals surface area contributed by atoms with Gasteiger partial charge >= 0.3 is 0 Å². The SMILES string of the molecule is CC[NH+](CC(=O)NC(C)C)CC(=O)N[C@H](C)c1cccc(Cl)c1. The zero-order valence-corrected chi connectivity index (χ0v) is 15.0. The molecule has 23 heavy (non-hydrogen) atoms. The van der Waals surface area contributed by atoms with Crippen LogP contribution in [0, 0.1) is 0 Å². The van der Waals surface area contributed by atoms with Gasteiger partial charge in [0.15, 0.2) is 13.1 Å². The van der Waals surface area contributed by atoms with E-state index in [0.29, 0.717) is 18.1 Å². The molecule has 5 nitrogen and oxygen atoms in total. The van der Waals surface area contributed by atoms with Gasteiger partial charge in [-0.1, -0.05) is 23.7 Å². The fourth-order valence-electron chi connectivity index (χ4n) is 2.29. The van der Waals surface area contributed by atoms with Crippen molar-refractivity contribution in [2.24, 2.45) is 0 Å². The van der Waals surface area contributed by atoms with Crippen molar-refractivity contribution in [2.45, 2.75) is 39.8 Å². The van der Waals surface area contributed by atoms with Crippen molar-refractivity contribution in [3.63, 3.8) is 0 Å². The zero-order valence-electron chi connectivity index (χ0n) is 14.3. The molecule has 0 fully saturated rings. The van der Waals surface area contributed by atoms with Crippen LogP contribution in [-0.2, 0) is 9.59 Å². The van der Waals surface area contributed by atoms with Gasteiger partial charge in [-0.15, -0.1) is 0 Å². The third-order valence-electron chi connectivity index (χ3n) is 3.50. The highest BCUT2D eigenvalue weighted by Crippen LogP contribution is 2.16. The first-order chi connectivity index (χ1) is 10.8. The summed E-state index contributed by atoms with van der Waals surface area (Å²) in [5, 5.41) is 6.45. The molecule has 0 bridgehead atoms. The molecule has 0 aliphatic heterocycles. The van der Waals surface area contributed by atoms with E-state index in [-0.39, 0.29) is 30.4 Å². The molecule has 0 saturated carbocycles. The molecule has 2 atom stereocenters. The van der Waals surface area contributed by atoms with E-state index < -0.39 is 0 Å². The minimum Gasteiger partial charge on any atom is -0.349 e. The zero-order chi connectivity index (χ0) is 17.4. The summed E-state index contributed by atoms with van der Waals surface area (Å²) in [5.41, 5.74) is 0.960. The van der Waals surface area contributed by atoms with Gasteiger partial charge in [-0.3, -0.25) is 9.59 Å². The van der Waals surface area contributed by atoms with Gasteiger partial charge in [-0.05, 0) is 45.4 Å². The molecular formula is C17H27ClN3O2+. The lowest BCUT2D eigenvalue weighted by atomic mass is 10.1. The van der Waals surface area contributed by atoms with Crippen molar-refractivity contribution in [2.75, 3.05) is 19.6 Å². The van der Waals surface area contributed by atoms with Gasteiger partial charge in [0, 0.05) is 11.1 Å². The van der Waals surface area contributed by atoms with Gasteiger partial charge in [0.05, 0.1) is 12.6 Å². The molecule has 1 rings (SSSR count). The highest BCUT2D eigenvalue weighted by molar-refractivity contribution is 6.30. The average molecular weight is 341 g/mol. The molecule has 3 N–H and O–H groups in total. The Labute approximate surface area is 143 Å². The van der Waals surface area contributed by atoms with Gasteiger partial charge in [0.2, 0.25) is 0 Å². The summed E-state index contributed by atoms with van der Waals surface area (Å²) in [5.74, 6) is -0.112. The monoisotopic (exact) mass is 340 g/mol. The Hall–Kier alpha value is -1.59. The Bertz CT molecular complexity index is 534. The van der Waals surface area contributed by atoms with Crippen LogP contribution < -0.4 is 15.5 Å². The van der Waals surface area contributed by atoms with E-state index in [0.717, 1.165) is 10.5 Å². The van der Waals surface area contributed by atoms with Gasteiger partial charge in [0.25, 0.3) is 11.8 Å². The van der Waals surface area contributed by atoms with E-state index in [1.165, 1.54) is 0 Å². The molecule has 1 aromatic rings. The predicted molar refractivity (Wildman–Crippen MR) is 92.5 cm³/mol. The van der Waals surface area contributed by atoms with E-state index in [9.17, 15) is 9.59 Å². The second-order valence-electron chi connectivity index (χ2n) is 6.02. The van der Waals surface area contributed by atoms with Crippen LogP contribution in [-0.4, -0.2) is 37.5 Å². The molecule has 1 aromatic carbocycles. The first-order valence-electron chi connectivity index (χ1n) is 7.99. The first kappa shape index (κ1) is 19.5. The Kier molecular flexibility index (Phi) is 8.06. The molecule has 0 spiro atoms. The van der Waals surface area contributed by atoms with E-state index in [1.807, 2.05) is 45.9 Å². The van der Waals surface area contributed by atoms with Gasteiger partial charge in [0.1, 0.15) is 0 Å². The van der Waals surface area contributed by atoms with Crippen molar-refractivity contribution < 1.29 is 14.5 Å².